The van der Waals surface area contributed by atoms with Gasteiger partial charge >= 0.3 is 5.97 Å². The zero-order chi connectivity index (χ0) is 24.3. The predicted molar refractivity (Wildman–Crippen MR) is 119 cm³/mol. The number of hydrogen-bond donors (Lipinski definition) is 1. The summed E-state index contributed by atoms with van der Waals surface area (Å²) in [5.41, 5.74) is -0.764. The summed E-state index contributed by atoms with van der Waals surface area (Å²) in [6.07, 6.45) is 0.242. The Balaban J connectivity index is 2.06. The summed E-state index contributed by atoms with van der Waals surface area (Å²) in [7, 11) is 2.89. The fraction of sp³-hybridized carbons (Fsp3) is 0.381. The van der Waals surface area contributed by atoms with Crippen LogP contribution in [0.3, 0.4) is 0 Å². The molecule has 0 bridgehead atoms. The molecule has 0 spiro atoms. The van der Waals surface area contributed by atoms with E-state index in [0.717, 1.165) is 0 Å². The van der Waals surface area contributed by atoms with Crippen LogP contribution in [-0.4, -0.2) is 47.4 Å². The van der Waals surface area contributed by atoms with Crippen molar-refractivity contribution in [2.75, 3.05) is 26.1 Å². The van der Waals surface area contributed by atoms with Gasteiger partial charge in [-0.3, -0.25) is 14.2 Å². The van der Waals surface area contributed by atoms with Crippen LogP contribution in [-0.2, 0) is 9.53 Å². The summed E-state index contributed by atoms with van der Waals surface area (Å²) < 4.78 is 21.7. The molecule has 1 amide bonds. The van der Waals surface area contributed by atoms with Crippen molar-refractivity contribution in [3.05, 3.63) is 39.0 Å². The second kappa shape index (κ2) is 9.90. The lowest BCUT2D eigenvalue weighted by Gasteiger charge is -2.21. The lowest BCUT2D eigenvalue weighted by Crippen LogP contribution is -2.35. The standard InChI is InChI=1S/C21H23ClN4O7/c1-6-13(18(27)24-12-8-11(22)14(30-4)9-15(12)31-5)26-10(3)23-19-16(20(26)28)17(25-33-19)21(29)32-7-2/h8-9,13H,6-7H2,1-5H3,(H,24,27)/t13-/m0/s1. The largest absolute Gasteiger partial charge is 0.495 e. The van der Waals surface area contributed by atoms with Crippen molar-refractivity contribution in [2.45, 2.75) is 33.2 Å². The topological polar surface area (TPSA) is 135 Å². The van der Waals surface area contributed by atoms with Gasteiger partial charge in [0.25, 0.3) is 11.3 Å². The number of halogens is 1. The minimum atomic E-state index is -0.968. The monoisotopic (exact) mass is 478 g/mol. The molecule has 0 aliphatic carbocycles. The van der Waals surface area contributed by atoms with Gasteiger partial charge in [0, 0.05) is 6.07 Å². The van der Waals surface area contributed by atoms with E-state index in [1.807, 2.05) is 0 Å². The number of methoxy groups -OCH3 is 2. The predicted octanol–water partition coefficient (Wildman–Crippen LogP) is 3.13. The summed E-state index contributed by atoms with van der Waals surface area (Å²) in [6.45, 7) is 5.00. The fourth-order valence-corrected chi connectivity index (χ4v) is 3.62. The molecule has 0 saturated heterocycles. The molecule has 3 aromatic rings. The molecule has 3 rings (SSSR count). The fourth-order valence-electron chi connectivity index (χ4n) is 3.38. The van der Waals surface area contributed by atoms with E-state index in [1.54, 1.807) is 20.8 Å². The van der Waals surface area contributed by atoms with Crippen LogP contribution in [0.5, 0.6) is 11.5 Å². The minimum Gasteiger partial charge on any atom is -0.495 e. The number of esters is 1. The zero-order valence-corrected chi connectivity index (χ0v) is 19.5. The van der Waals surface area contributed by atoms with E-state index in [9.17, 15) is 14.4 Å². The van der Waals surface area contributed by atoms with Crippen LogP contribution in [0.1, 0.15) is 42.6 Å². The molecule has 1 atom stereocenters. The SMILES string of the molecule is CCOC(=O)c1noc2nc(C)n([C@@H](CC)C(=O)Nc3cc(Cl)c(OC)cc3OC)c(=O)c12. The van der Waals surface area contributed by atoms with Crippen molar-refractivity contribution in [1.29, 1.82) is 0 Å². The molecule has 176 valence electrons. The third-order valence-electron chi connectivity index (χ3n) is 4.92. The van der Waals surface area contributed by atoms with E-state index in [-0.39, 0.29) is 40.7 Å². The Kier molecular flexibility index (Phi) is 7.22. The van der Waals surface area contributed by atoms with Crippen LogP contribution in [0.15, 0.2) is 21.5 Å². The number of fused-ring (bicyclic) bond motifs is 1. The second-order valence-electron chi connectivity index (χ2n) is 6.87. The Morgan fingerprint density at radius 2 is 1.91 bits per heavy atom. The summed E-state index contributed by atoms with van der Waals surface area (Å²) >= 11 is 6.19. The number of nitrogens with zero attached hydrogens (tertiary/aromatic N) is 3. The van der Waals surface area contributed by atoms with Crippen molar-refractivity contribution in [3.8, 4) is 11.5 Å². The first-order valence-electron chi connectivity index (χ1n) is 10.0. The zero-order valence-electron chi connectivity index (χ0n) is 18.7. The summed E-state index contributed by atoms with van der Waals surface area (Å²) in [4.78, 5) is 43.0. The van der Waals surface area contributed by atoms with Crippen LogP contribution in [0.4, 0.5) is 5.69 Å². The molecular weight excluding hydrogens is 456 g/mol. The van der Waals surface area contributed by atoms with Gasteiger partial charge in [0.05, 0.1) is 31.5 Å². The van der Waals surface area contributed by atoms with E-state index in [0.29, 0.717) is 17.2 Å². The van der Waals surface area contributed by atoms with Crippen LogP contribution in [0.25, 0.3) is 11.1 Å². The van der Waals surface area contributed by atoms with Gasteiger partial charge in [-0.2, -0.15) is 4.98 Å². The number of anilines is 1. The maximum Gasteiger partial charge on any atom is 0.361 e. The molecule has 0 fully saturated rings. The van der Waals surface area contributed by atoms with Gasteiger partial charge in [-0.1, -0.05) is 23.7 Å². The molecule has 0 unspecified atom stereocenters. The molecule has 11 nitrogen and oxygen atoms in total. The average Bonchev–Trinajstić information content (AvgIpc) is 3.21. The number of nitrogens with one attached hydrogen (secondary N) is 1. The summed E-state index contributed by atoms with van der Waals surface area (Å²) in [5.74, 6) is -0.432. The number of aryl methyl sites for hydroxylation is 1. The van der Waals surface area contributed by atoms with E-state index < -0.39 is 23.5 Å². The van der Waals surface area contributed by atoms with Crippen molar-refractivity contribution in [1.82, 2.24) is 14.7 Å². The summed E-state index contributed by atoms with van der Waals surface area (Å²) in [6, 6.07) is 2.05. The number of carbonyl (C=O) groups excluding carboxylic acids is 2. The second-order valence-corrected chi connectivity index (χ2v) is 7.27. The first-order valence-corrected chi connectivity index (χ1v) is 10.4. The molecule has 0 aliphatic heterocycles. The van der Waals surface area contributed by atoms with Crippen LogP contribution >= 0.6 is 11.6 Å². The Hall–Kier alpha value is -3.60. The number of carbonyl (C=O) groups is 2. The average molecular weight is 479 g/mol. The van der Waals surface area contributed by atoms with Crippen LogP contribution in [0.2, 0.25) is 5.02 Å². The van der Waals surface area contributed by atoms with Crippen molar-refractivity contribution >= 4 is 40.3 Å². The lowest BCUT2D eigenvalue weighted by atomic mass is 10.1. The van der Waals surface area contributed by atoms with E-state index >= 15 is 0 Å². The molecule has 0 aliphatic rings. The number of ether oxygens (including phenoxy) is 3. The Morgan fingerprint density at radius 3 is 2.52 bits per heavy atom. The lowest BCUT2D eigenvalue weighted by molar-refractivity contribution is -0.119. The number of aromatic nitrogens is 3. The first kappa shape index (κ1) is 24.1. The molecular formula is C21H23ClN4O7. The molecule has 1 N–H and O–H groups in total. The van der Waals surface area contributed by atoms with Gasteiger partial charge in [0.1, 0.15) is 28.8 Å². The van der Waals surface area contributed by atoms with E-state index in [2.05, 4.69) is 15.5 Å². The van der Waals surface area contributed by atoms with Crippen molar-refractivity contribution in [2.24, 2.45) is 0 Å². The van der Waals surface area contributed by atoms with Gasteiger partial charge in [0.2, 0.25) is 11.6 Å². The smallest absolute Gasteiger partial charge is 0.361 e. The Morgan fingerprint density at radius 1 is 1.21 bits per heavy atom. The van der Waals surface area contributed by atoms with E-state index in [4.69, 9.17) is 30.3 Å². The molecule has 33 heavy (non-hydrogen) atoms. The minimum absolute atomic E-state index is 0.0902. The van der Waals surface area contributed by atoms with Gasteiger partial charge in [-0.15, -0.1) is 0 Å². The van der Waals surface area contributed by atoms with Crippen molar-refractivity contribution < 1.29 is 28.3 Å². The first-order chi connectivity index (χ1) is 15.8. The van der Waals surface area contributed by atoms with Crippen molar-refractivity contribution in [3.63, 3.8) is 0 Å². The molecule has 2 heterocycles. The third-order valence-corrected chi connectivity index (χ3v) is 5.22. The number of amides is 1. The molecule has 1 aromatic carbocycles. The van der Waals surface area contributed by atoms with Gasteiger partial charge in [0.15, 0.2) is 0 Å². The third kappa shape index (κ3) is 4.49. The highest BCUT2D eigenvalue weighted by Crippen LogP contribution is 2.36. The van der Waals surface area contributed by atoms with Gasteiger partial charge in [-0.05, 0) is 26.3 Å². The Labute approximate surface area is 193 Å². The highest BCUT2D eigenvalue weighted by molar-refractivity contribution is 6.32. The quantitative estimate of drug-likeness (QED) is 0.484. The molecule has 2 aromatic heterocycles. The highest BCUT2D eigenvalue weighted by Gasteiger charge is 2.29. The normalized spacial score (nSPS) is 11.8. The molecule has 12 heteroatoms. The maximum absolute atomic E-state index is 13.3. The number of rotatable bonds is 8. The number of benzene rings is 1. The number of hydrogen-bond acceptors (Lipinski definition) is 9. The van der Waals surface area contributed by atoms with E-state index in [1.165, 1.54) is 30.9 Å². The van der Waals surface area contributed by atoms with Crippen LogP contribution in [0, 0.1) is 6.92 Å². The van der Waals surface area contributed by atoms with Crippen LogP contribution < -0.4 is 20.3 Å². The van der Waals surface area contributed by atoms with Gasteiger partial charge in [-0.25, -0.2) is 4.79 Å². The summed E-state index contributed by atoms with van der Waals surface area (Å²) in [5, 5.41) is 6.48. The maximum atomic E-state index is 13.3. The van der Waals surface area contributed by atoms with Gasteiger partial charge < -0.3 is 24.1 Å². The molecule has 0 saturated carbocycles. The molecule has 0 radical (unpaired) electrons. The Bertz CT molecular complexity index is 1270. The highest BCUT2D eigenvalue weighted by atomic mass is 35.5.